The molecule has 4 aromatic rings. The van der Waals surface area contributed by atoms with Gasteiger partial charge in [-0.2, -0.15) is 5.10 Å². The monoisotopic (exact) mass is 540 g/mol. The van der Waals surface area contributed by atoms with E-state index < -0.39 is 0 Å². The highest BCUT2D eigenvalue weighted by molar-refractivity contribution is 5.97. The minimum atomic E-state index is -0.321. The van der Waals surface area contributed by atoms with E-state index in [4.69, 9.17) is 9.97 Å². The van der Waals surface area contributed by atoms with E-state index in [-0.39, 0.29) is 23.9 Å². The number of aromatic nitrogens is 4. The molecule has 3 aromatic heterocycles. The zero-order chi connectivity index (χ0) is 28.2. The summed E-state index contributed by atoms with van der Waals surface area (Å²) in [5, 5.41) is 10.3. The highest BCUT2D eigenvalue weighted by Gasteiger charge is 2.35. The molecule has 1 fully saturated rings. The number of carbonyl (C=O) groups excluding carboxylic acids is 2. The van der Waals surface area contributed by atoms with Gasteiger partial charge in [-0.15, -0.1) is 0 Å². The van der Waals surface area contributed by atoms with Crippen LogP contribution in [0.4, 0.5) is 5.82 Å². The van der Waals surface area contributed by atoms with E-state index in [2.05, 4.69) is 41.4 Å². The number of carbonyl (C=O) groups is 2. The molecular weight excluding hydrogens is 504 g/mol. The molecule has 40 heavy (non-hydrogen) atoms. The van der Waals surface area contributed by atoms with E-state index in [1.165, 1.54) is 0 Å². The highest BCUT2D eigenvalue weighted by Crippen LogP contribution is 2.31. The Balaban J connectivity index is 1.53. The van der Waals surface area contributed by atoms with E-state index in [0.717, 1.165) is 30.8 Å². The second-order valence-corrected chi connectivity index (χ2v) is 10.00. The maximum Gasteiger partial charge on any atom is 0.251 e. The molecule has 1 aliphatic rings. The van der Waals surface area contributed by atoms with Crippen LogP contribution in [-0.4, -0.2) is 81.6 Å². The molecule has 10 heteroatoms. The Bertz CT molecular complexity index is 1500. The van der Waals surface area contributed by atoms with Crippen molar-refractivity contribution < 1.29 is 9.59 Å². The number of rotatable bonds is 10. The predicted octanol–water partition coefficient (Wildman–Crippen LogP) is 3.24. The summed E-state index contributed by atoms with van der Waals surface area (Å²) in [5.74, 6) is 0.329. The molecule has 1 saturated heterocycles. The quantitative estimate of drug-likeness (QED) is 0.318. The molecule has 2 unspecified atom stereocenters. The Labute approximate surface area is 234 Å². The smallest absolute Gasteiger partial charge is 0.251 e. The summed E-state index contributed by atoms with van der Waals surface area (Å²) in [6.45, 7) is 9.38. The van der Waals surface area contributed by atoms with Crippen molar-refractivity contribution in [1.29, 1.82) is 0 Å². The van der Waals surface area contributed by atoms with Crippen LogP contribution in [0.2, 0.25) is 0 Å². The minimum Gasteiger partial charge on any atom is -0.357 e. The maximum atomic E-state index is 13.4. The number of hydrogen-bond donors (Lipinski definition) is 2. The van der Waals surface area contributed by atoms with Gasteiger partial charge in [-0.3, -0.25) is 14.5 Å². The lowest BCUT2D eigenvalue weighted by Gasteiger charge is -2.40. The molecule has 2 amide bonds. The first kappa shape index (κ1) is 27.3. The van der Waals surface area contributed by atoms with E-state index >= 15 is 0 Å². The predicted molar refractivity (Wildman–Crippen MR) is 156 cm³/mol. The molecule has 4 heterocycles. The van der Waals surface area contributed by atoms with Gasteiger partial charge in [0.2, 0.25) is 5.91 Å². The molecule has 0 radical (unpaired) electrons. The first-order chi connectivity index (χ1) is 19.4. The Kier molecular flexibility index (Phi) is 8.06. The lowest BCUT2D eigenvalue weighted by molar-refractivity contribution is -0.123. The Morgan fingerprint density at radius 2 is 1.85 bits per heavy atom. The topological polar surface area (TPSA) is 108 Å². The van der Waals surface area contributed by atoms with E-state index in [9.17, 15) is 9.59 Å². The molecule has 2 atom stereocenters. The number of anilines is 1. The fourth-order valence-electron chi connectivity index (χ4n) is 5.17. The molecule has 10 nitrogen and oxygen atoms in total. The Hall–Kier alpha value is -4.31. The van der Waals surface area contributed by atoms with Crippen LogP contribution >= 0.6 is 0 Å². The van der Waals surface area contributed by atoms with Gasteiger partial charge in [-0.25, -0.2) is 14.5 Å². The number of nitrogens with one attached hydrogen (secondary N) is 2. The summed E-state index contributed by atoms with van der Waals surface area (Å²) in [6.07, 6.45) is 4.32. The zero-order valence-corrected chi connectivity index (χ0v) is 23.5. The van der Waals surface area contributed by atoms with Gasteiger partial charge in [0, 0.05) is 43.5 Å². The lowest BCUT2D eigenvalue weighted by atomic mass is 10.0. The molecular formula is C30H36N8O2. The van der Waals surface area contributed by atoms with E-state index in [1.54, 1.807) is 29.9 Å². The van der Waals surface area contributed by atoms with Gasteiger partial charge in [0.1, 0.15) is 11.9 Å². The maximum absolute atomic E-state index is 13.4. The summed E-state index contributed by atoms with van der Waals surface area (Å²) < 4.78 is 1.71. The largest absolute Gasteiger partial charge is 0.357 e. The average Bonchev–Trinajstić information content (AvgIpc) is 3.39. The third kappa shape index (κ3) is 5.40. The van der Waals surface area contributed by atoms with Crippen molar-refractivity contribution in [1.82, 2.24) is 35.1 Å². The van der Waals surface area contributed by atoms with Crippen molar-refractivity contribution >= 4 is 23.3 Å². The van der Waals surface area contributed by atoms with Crippen LogP contribution in [0.15, 0.2) is 60.9 Å². The normalized spacial score (nSPS) is 15.6. The molecule has 0 bridgehead atoms. The van der Waals surface area contributed by atoms with E-state index in [1.807, 2.05) is 47.5 Å². The lowest BCUT2D eigenvalue weighted by Crippen LogP contribution is -2.56. The number of likely N-dealkylation sites (N-methyl/N-ethyl adjacent to an activating group) is 2. The van der Waals surface area contributed by atoms with Crippen LogP contribution in [0, 0.1) is 0 Å². The summed E-state index contributed by atoms with van der Waals surface area (Å²) in [7, 11) is 1.63. The number of nitrogens with zero attached hydrogens (tertiary/aromatic N) is 6. The second kappa shape index (κ2) is 11.8. The molecule has 5 rings (SSSR count). The molecule has 2 N–H and O–H groups in total. The third-order valence-corrected chi connectivity index (χ3v) is 7.65. The van der Waals surface area contributed by atoms with Crippen LogP contribution < -0.4 is 15.5 Å². The summed E-state index contributed by atoms with van der Waals surface area (Å²) in [4.78, 5) is 39.9. The summed E-state index contributed by atoms with van der Waals surface area (Å²) in [6, 6.07) is 15.3. The van der Waals surface area contributed by atoms with Gasteiger partial charge < -0.3 is 15.5 Å². The number of benzene rings is 1. The van der Waals surface area contributed by atoms with Gasteiger partial charge in [-0.05, 0) is 44.6 Å². The van der Waals surface area contributed by atoms with Gasteiger partial charge >= 0.3 is 0 Å². The molecule has 1 aromatic carbocycles. The Morgan fingerprint density at radius 1 is 1.07 bits per heavy atom. The number of fused-ring (bicyclic) bond motifs is 1. The number of pyridine rings is 1. The summed E-state index contributed by atoms with van der Waals surface area (Å²) in [5.41, 5.74) is 4.22. The fourth-order valence-corrected chi connectivity index (χ4v) is 5.17. The van der Waals surface area contributed by atoms with Gasteiger partial charge in [0.15, 0.2) is 5.65 Å². The first-order valence-corrected chi connectivity index (χ1v) is 13.9. The molecule has 0 spiro atoms. The van der Waals surface area contributed by atoms with Crippen LogP contribution in [0.25, 0.3) is 28.2 Å². The molecule has 0 aliphatic carbocycles. The second-order valence-electron chi connectivity index (χ2n) is 10.00. The van der Waals surface area contributed by atoms with Crippen molar-refractivity contribution in [3.8, 4) is 22.5 Å². The van der Waals surface area contributed by atoms with Crippen LogP contribution in [0.5, 0.6) is 0 Å². The number of amides is 2. The SMILES string of the molecule is CCN(CC)C(C)CNC(=O)c1cc(-c2cnn3ccc(-c4ccccc4)nc23)nc(N2CCC2C(=O)NC)c1. The molecule has 1 aliphatic heterocycles. The molecule has 0 saturated carbocycles. The van der Waals surface area contributed by atoms with Crippen LogP contribution in [-0.2, 0) is 4.79 Å². The Morgan fingerprint density at radius 3 is 2.52 bits per heavy atom. The van der Waals surface area contributed by atoms with Crippen molar-refractivity contribution in [2.24, 2.45) is 0 Å². The average molecular weight is 541 g/mol. The first-order valence-electron chi connectivity index (χ1n) is 13.9. The van der Waals surface area contributed by atoms with Crippen LogP contribution in [0.1, 0.15) is 37.6 Å². The summed E-state index contributed by atoms with van der Waals surface area (Å²) >= 11 is 0. The van der Waals surface area contributed by atoms with Crippen molar-refractivity contribution in [2.45, 2.75) is 39.3 Å². The van der Waals surface area contributed by atoms with E-state index in [0.29, 0.717) is 41.4 Å². The molecule has 208 valence electrons. The van der Waals surface area contributed by atoms with Crippen molar-refractivity contribution in [3.05, 3.63) is 66.5 Å². The standard InChI is InChI=1S/C30H36N8O2/c1-5-36(6-2)20(3)18-32-29(39)22-16-25(34-27(17-22)37-14-13-26(37)30(40)31-4)23-19-33-38-15-12-24(35-28(23)38)21-10-8-7-9-11-21/h7-12,15-17,19-20,26H,5-6,13-14,18H2,1-4H3,(H,31,40)(H,32,39). The van der Waals surface area contributed by atoms with Gasteiger partial charge in [0.05, 0.1) is 23.1 Å². The number of hydrogen-bond acceptors (Lipinski definition) is 7. The van der Waals surface area contributed by atoms with Gasteiger partial charge in [0.25, 0.3) is 5.91 Å². The van der Waals surface area contributed by atoms with Crippen molar-refractivity contribution in [2.75, 3.05) is 38.1 Å². The van der Waals surface area contributed by atoms with Crippen molar-refractivity contribution in [3.63, 3.8) is 0 Å². The zero-order valence-electron chi connectivity index (χ0n) is 23.5. The minimum absolute atomic E-state index is 0.0670. The fraction of sp³-hybridized carbons (Fsp3) is 0.367. The van der Waals surface area contributed by atoms with Gasteiger partial charge in [-0.1, -0.05) is 44.2 Å². The van der Waals surface area contributed by atoms with Crippen LogP contribution in [0.3, 0.4) is 0 Å². The third-order valence-electron chi connectivity index (χ3n) is 7.65. The highest BCUT2D eigenvalue weighted by atomic mass is 16.2.